The zero-order chi connectivity index (χ0) is 13.5. The van der Waals surface area contributed by atoms with Gasteiger partial charge in [-0.2, -0.15) is 0 Å². The molecule has 0 unspecified atom stereocenters. The van der Waals surface area contributed by atoms with Crippen molar-refractivity contribution >= 4 is 17.4 Å². The topological polar surface area (TPSA) is 66.4 Å². The standard InChI is InChI=1S/C14H19NO3/c1-10(16)9-14(18)8-5-12-3-6-13(7-4-12)15-11(2)17/h3-4,6-7,14,18H,5,8-9H2,1-2H3,(H,15,17)/t14-/m0/s1. The molecular weight excluding hydrogens is 230 g/mol. The second-order valence-electron chi connectivity index (χ2n) is 4.48. The molecule has 0 heterocycles. The van der Waals surface area contributed by atoms with Crippen LogP contribution in [0.15, 0.2) is 24.3 Å². The molecule has 2 N–H and O–H groups in total. The van der Waals surface area contributed by atoms with Crippen molar-refractivity contribution in [3.8, 4) is 0 Å². The summed E-state index contributed by atoms with van der Waals surface area (Å²) in [5.74, 6) is -0.0943. The molecule has 1 atom stereocenters. The van der Waals surface area contributed by atoms with Crippen molar-refractivity contribution < 1.29 is 14.7 Å². The number of hydrogen-bond donors (Lipinski definition) is 2. The molecule has 0 fully saturated rings. The van der Waals surface area contributed by atoms with Gasteiger partial charge in [0.1, 0.15) is 5.78 Å². The molecule has 98 valence electrons. The van der Waals surface area contributed by atoms with Crippen molar-refractivity contribution in [3.63, 3.8) is 0 Å². The van der Waals surface area contributed by atoms with E-state index in [0.717, 1.165) is 17.7 Å². The summed E-state index contributed by atoms with van der Waals surface area (Å²) in [6.07, 6.45) is 0.926. The number of nitrogens with one attached hydrogen (secondary N) is 1. The van der Waals surface area contributed by atoms with Crippen LogP contribution in [0.25, 0.3) is 0 Å². The number of aliphatic hydroxyl groups excluding tert-OH is 1. The number of carbonyl (C=O) groups excluding carboxylic acids is 2. The molecule has 0 saturated heterocycles. The van der Waals surface area contributed by atoms with Gasteiger partial charge in [-0.05, 0) is 37.5 Å². The van der Waals surface area contributed by atoms with Gasteiger partial charge in [0, 0.05) is 19.0 Å². The molecule has 1 rings (SSSR count). The van der Waals surface area contributed by atoms with E-state index in [1.165, 1.54) is 13.8 Å². The van der Waals surface area contributed by atoms with E-state index < -0.39 is 6.10 Å². The Morgan fingerprint density at radius 2 is 1.83 bits per heavy atom. The first kappa shape index (κ1) is 14.4. The van der Waals surface area contributed by atoms with Crippen molar-refractivity contribution in [1.82, 2.24) is 0 Å². The molecule has 0 aliphatic heterocycles. The lowest BCUT2D eigenvalue weighted by Gasteiger charge is -2.09. The fourth-order valence-corrected chi connectivity index (χ4v) is 1.73. The number of carbonyl (C=O) groups is 2. The summed E-state index contributed by atoms with van der Waals surface area (Å²) in [4.78, 5) is 21.7. The lowest BCUT2D eigenvalue weighted by Crippen LogP contribution is -2.12. The van der Waals surface area contributed by atoms with Crippen molar-refractivity contribution in [2.45, 2.75) is 39.2 Å². The first-order valence-electron chi connectivity index (χ1n) is 6.01. The molecular formula is C14H19NO3. The Kier molecular flexibility index (Phi) is 5.52. The van der Waals surface area contributed by atoms with Crippen LogP contribution in [-0.4, -0.2) is 22.9 Å². The predicted molar refractivity (Wildman–Crippen MR) is 70.4 cm³/mol. The Bertz CT molecular complexity index is 412. The van der Waals surface area contributed by atoms with Crippen molar-refractivity contribution in [3.05, 3.63) is 29.8 Å². The van der Waals surface area contributed by atoms with E-state index in [0.29, 0.717) is 6.42 Å². The zero-order valence-corrected chi connectivity index (χ0v) is 10.8. The van der Waals surface area contributed by atoms with Gasteiger partial charge >= 0.3 is 0 Å². The van der Waals surface area contributed by atoms with Gasteiger partial charge in [0.25, 0.3) is 0 Å². The van der Waals surface area contributed by atoms with Crippen LogP contribution < -0.4 is 5.32 Å². The molecule has 18 heavy (non-hydrogen) atoms. The third kappa shape index (κ3) is 5.59. The highest BCUT2D eigenvalue weighted by Gasteiger charge is 2.07. The van der Waals surface area contributed by atoms with Crippen LogP contribution in [-0.2, 0) is 16.0 Å². The number of benzene rings is 1. The van der Waals surface area contributed by atoms with Crippen LogP contribution in [0, 0.1) is 0 Å². The Morgan fingerprint density at radius 1 is 1.22 bits per heavy atom. The lowest BCUT2D eigenvalue weighted by atomic mass is 10.0. The SMILES string of the molecule is CC(=O)C[C@@H](O)CCc1ccc(NC(C)=O)cc1. The molecule has 4 heteroatoms. The normalized spacial score (nSPS) is 11.9. The number of anilines is 1. The minimum Gasteiger partial charge on any atom is -0.393 e. The van der Waals surface area contributed by atoms with E-state index in [9.17, 15) is 14.7 Å². The Labute approximate surface area is 107 Å². The van der Waals surface area contributed by atoms with E-state index in [-0.39, 0.29) is 18.1 Å². The van der Waals surface area contributed by atoms with Crippen LogP contribution in [0.4, 0.5) is 5.69 Å². The Hall–Kier alpha value is -1.68. The monoisotopic (exact) mass is 249 g/mol. The summed E-state index contributed by atoms with van der Waals surface area (Å²) in [6, 6.07) is 7.47. The lowest BCUT2D eigenvalue weighted by molar-refractivity contribution is -0.119. The molecule has 4 nitrogen and oxygen atoms in total. The fraction of sp³-hybridized carbons (Fsp3) is 0.429. The van der Waals surface area contributed by atoms with Gasteiger partial charge in [0.15, 0.2) is 0 Å². The van der Waals surface area contributed by atoms with Gasteiger partial charge in [-0.1, -0.05) is 12.1 Å². The van der Waals surface area contributed by atoms with Crippen LogP contribution in [0.1, 0.15) is 32.3 Å². The van der Waals surface area contributed by atoms with Crippen LogP contribution >= 0.6 is 0 Å². The highest BCUT2D eigenvalue weighted by atomic mass is 16.3. The highest BCUT2D eigenvalue weighted by Crippen LogP contribution is 2.12. The minimum absolute atomic E-state index is 0.00325. The summed E-state index contributed by atoms with van der Waals surface area (Å²) in [6.45, 7) is 2.94. The molecule has 0 aromatic heterocycles. The van der Waals surface area contributed by atoms with E-state index in [1.54, 1.807) is 0 Å². The Balaban J connectivity index is 2.43. The van der Waals surface area contributed by atoms with Crippen LogP contribution in [0.3, 0.4) is 0 Å². The zero-order valence-electron chi connectivity index (χ0n) is 10.8. The second kappa shape index (κ2) is 6.91. The number of amides is 1. The van der Waals surface area contributed by atoms with E-state index in [4.69, 9.17) is 0 Å². The van der Waals surface area contributed by atoms with Gasteiger partial charge in [-0.15, -0.1) is 0 Å². The third-order valence-electron chi connectivity index (χ3n) is 2.56. The van der Waals surface area contributed by atoms with E-state index in [1.807, 2.05) is 24.3 Å². The van der Waals surface area contributed by atoms with Gasteiger partial charge in [-0.25, -0.2) is 0 Å². The highest BCUT2D eigenvalue weighted by molar-refractivity contribution is 5.88. The number of ketones is 1. The maximum Gasteiger partial charge on any atom is 0.221 e. The number of aryl methyl sites for hydroxylation is 1. The molecule has 0 aliphatic rings. The van der Waals surface area contributed by atoms with E-state index >= 15 is 0 Å². The van der Waals surface area contributed by atoms with Gasteiger partial charge < -0.3 is 10.4 Å². The Morgan fingerprint density at radius 3 is 2.33 bits per heavy atom. The predicted octanol–water partition coefficient (Wildman–Crippen LogP) is 1.92. The fourth-order valence-electron chi connectivity index (χ4n) is 1.73. The summed E-state index contributed by atoms with van der Waals surface area (Å²) in [7, 11) is 0. The summed E-state index contributed by atoms with van der Waals surface area (Å²) >= 11 is 0. The van der Waals surface area contributed by atoms with Crippen LogP contribution in [0.5, 0.6) is 0 Å². The number of aliphatic hydroxyl groups is 1. The molecule has 0 saturated carbocycles. The van der Waals surface area contributed by atoms with Gasteiger partial charge in [0.2, 0.25) is 5.91 Å². The van der Waals surface area contributed by atoms with Crippen molar-refractivity contribution in [2.75, 3.05) is 5.32 Å². The van der Waals surface area contributed by atoms with Crippen molar-refractivity contribution in [2.24, 2.45) is 0 Å². The molecule has 1 aromatic rings. The smallest absolute Gasteiger partial charge is 0.221 e. The second-order valence-corrected chi connectivity index (χ2v) is 4.48. The molecule has 1 amide bonds. The first-order chi connectivity index (χ1) is 8.47. The quantitative estimate of drug-likeness (QED) is 0.809. The third-order valence-corrected chi connectivity index (χ3v) is 2.56. The maximum absolute atomic E-state index is 10.8. The average Bonchev–Trinajstić information content (AvgIpc) is 2.26. The molecule has 0 spiro atoms. The molecule has 1 aromatic carbocycles. The summed E-state index contributed by atoms with van der Waals surface area (Å²) in [5.41, 5.74) is 1.84. The van der Waals surface area contributed by atoms with E-state index in [2.05, 4.69) is 5.32 Å². The van der Waals surface area contributed by atoms with Crippen molar-refractivity contribution in [1.29, 1.82) is 0 Å². The maximum atomic E-state index is 10.8. The first-order valence-corrected chi connectivity index (χ1v) is 6.01. The average molecular weight is 249 g/mol. The van der Waals surface area contributed by atoms with Gasteiger partial charge in [0.05, 0.1) is 6.10 Å². The van der Waals surface area contributed by atoms with Gasteiger partial charge in [-0.3, -0.25) is 9.59 Å². The summed E-state index contributed by atoms with van der Waals surface area (Å²) in [5, 5.41) is 12.3. The van der Waals surface area contributed by atoms with Crippen LogP contribution in [0.2, 0.25) is 0 Å². The molecule has 0 radical (unpaired) electrons. The minimum atomic E-state index is -0.572. The largest absolute Gasteiger partial charge is 0.393 e. The number of hydrogen-bond acceptors (Lipinski definition) is 3. The molecule has 0 aliphatic carbocycles. The number of Topliss-reactive ketones (excluding diaryl/α,β-unsaturated/α-hetero) is 1. The summed E-state index contributed by atoms with van der Waals surface area (Å²) < 4.78 is 0. The number of rotatable bonds is 6. The molecule has 0 bridgehead atoms.